The van der Waals surface area contributed by atoms with Gasteiger partial charge in [0.15, 0.2) is 9.84 Å². The van der Waals surface area contributed by atoms with Crippen molar-refractivity contribution in [1.82, 2.24) is 4.90 Å². The van der Waals surface area contributed by atoms with Gasteiger partial charge in [-0.1, -0.05) is 18.2 Å². The first kappa shape index (κ1) is 26.8. The van der Waals surface area contributed by atoms with Gasteiger partial charge in [-0.05, 0) is 62.9 Å². The van der Waals surface area contributed by atoms with E-state index in [1.807, 2.05) is 0 Å². The Balaban J connectivity index is 1.77. The lowest BCUT2D eigenvalue weighted by Gasteiger charge is -2.40. The lowest BCUT2D eigenvalue weighted by atomic mass is 9.85. The summed E-state index contributed by atoms with van der Waals surface area (Å²) in [7, 11) is -4.19. The maximum absolute atomic E-state index is 13.3. The minimum absolute atomic E-state index is 0.0609. The maximum Gasteiger partial charge on any atom is 0.573 e. The van der Waals surface area contributed by atoms with Crippen molar-refractivity contribution >= 4 is 15.7 Å². The number of likely N-dealkylation sites (tertiary alicyclic amines) is 1. The number of piperidine rings is 1. The molecule has 0 aliphatic carbocycles. The van der Waals surface area contributed by atoms with Crippen LogP contribution in [0.2, 0.25) is 0 Å². The van der Waals surface area contributed by atoms with E-state index in [9.17, 15) is 39.6 Å². The highest BCUT2D eigenvalue weighted by Gasteiger charge is 2.45. The summed E-state index contributed by atoms with van der Waals surface area (Å²) >= 11 is 0. The maximum atomic E-state index is 13.3. The molecule has 0 aromatic heterocycles. The number of benzene rings is 2. The minimum atomic E-state index is -4.98. The predicted molar refractivity (Wildman–Crippen MR) is 114 cm³/mol. The Labute approximate surface area is 198 Å². The smallest absolute Gasteiger partial charge is 0.405 e. The first-order valence-corrected chi connectivity index (χ1v) is 12.1. The summed E-state index contributed by atoms with van der Waals surface area (Å²) in [5.74, 6) is -1.84. The molecule has 1 saturated heterocycles. The zero-order valence-corrected chi connectivity index (χ0v) is 19.6. The summed E-state index contributed by atoms with van der Waals surface area (Å²) in [5, 5.41) is 0. The molecule has 0 radical (unpaired) electrons. The number of ether oxygens (including phenoxy) is 1. The molecule has 3 rings (SSSR count). The first-order chi connectivity index (χ1) is 16.0. The van der Waals surface area contributed by atoms with E-state index in [-0.39, 0.29) is 31.5 Å². The molecule has 5 nitrogen and oxygen atoms in total. The monoisotopic (exact) mass is 523 g/mol. The van der Waals surface area contributed by atoms with Crippen molar-refractivity contribution in [3.05, 3.63) is 59.7 Å². The number of sulfone groups is 1. The molecule has 0 atom stereocenters. The summed E-state index contributed by atoms with van der Waals surface area (Å²) in [6.07, 6.45) is -9.29. The molecule has 1 amide bonds. The van der Waals surface area contributed by atoms with Gasteiger partial charge in [-0.15, -0.1) is 13.2 Å². The predicted octanol–water partition coefficient (Wildman–Crippen LogP) is 5.71. The molecule has 0 saturated carbocycles. The highest BCUT2D eigenvalue weighted by molar-refractivity contribution is 7.92. The lowest BCUT2D eigenvalue weighted by molar-refractivity contribution is -0.274. The van der Waals surface area contributed by atoms with Gasteiger partial charge in [-0.3, -0.25) is 4.79 Å². The molecule has 2 aromatic carbocycles. The number of nitrogens with zero attached hydrogens (tertiary/aromatic N) is 1. The second-order valence-corrected chi connectivity index (χ2v) is 11.3. The van der Waals surface area contributed by atoms with E-state index in [1.165, 1.54) is 36.9 Å². The molecule has 0 bridgehead atoms. The van der Waals surface area contributed by atoms with Crippen LogP contribution >= 0.6 is 0 Å². The van der Waals surface area contributed by atoms with Crippen LogP contribution in [0.25, 0.3) is 0 Å². The highest BCUT2D eigenvalue weighted by atomic mass is 32.2. The Bertz CT molecular complexity index is 1180. The third-order valence-corrected chi connectivity index (χ3v) is 8.87. The van der Waals surface area contributed by atoms with Gasteiger partial charge in [0, 0.05) is 13.1 Å². The molecule has 1 heterocycles. The van der Waals surface area contributed by atoms with Crippen molar-refractivity contribution in [1.29, 1.82) is 0 Å². The summed E-state index contributed by atoms with van der Waals surface area (Å²) in [4.78, 5) is 13.7. The van der Waals surface area contributed by atoms with Gasteiger partial charge < -0.3 is 9.64 Å². The van der Waals surface area contributed by atoms with Gasteiger partial charge in [0.05, 0.1) is 20.8 Å². The minimum Gasteiger partial charge on any atom is -0.405 e. The fourth-order valence-corrected chi connectivity index (χ4v) is 5.99. The number of alkyl halides is 6. The van der Waals surface area contributed by atoms with E-state index < -0.39 is 55.2 Å². The van der Waals surface area contributed by atoms with Gasteiger partial charge in [0.25, 0.3) is 5.91 Å². The molecule has 0 spiro atoms. The molecular weight excluding hydrogens is 500 g/mol. The zero-order chi connectivity index (χ0) is 26.2. The molecule has 1 fully saturated rings. The number of hydrogen-bond donors (Lipinski definition) is 0. The van der Waals surface area contributed by atoms with Crippen molar-refractivity contribution in [3.8, 4) is 5.75 Å². The summed E-state index contributed by atoms with van der Waals surface area (Å²) in [6, 6.07) is 8.47. The average Bonchev–Trinajstić information content (AvgIpc) is 2.77. The molecule has 1 aliphatic rings. The molecule has 192 valence electrons. The average molecular weight is 523 g/mol. The lowest BCUT2D eigenvalue weighted by Crippen LogP contribution is -2.47. The first-order valence-electron chi connectivity index (χ1n) is 10.6. The van der Waals surface area contributed by atoms with Crippen molar-refractivity contribution in [2.24, 2.45) is 5.92 Å². The summed E-state index contributed by atoms with van der Waals surface area (Å²) < 4.78 is 106. The Morgan fingerprint density at radius 2 is 1.54 bits per heavy atom. The zero-order valence-electron chi connectivity index (χ0n) is 18.8. The SMILES string of the molecule is CC(C)(C1CCN(C(=O)c2ccccc2OC(F)(F)F)CC1)S(=O)(=O)c1cccc(C(F)(F)F)c1. The second-order valence-electron chi connectivity index (χ2n) is 8.74. The summed E-state index contributed by atoms with van der Waals surface area (Å²) in [5.41, 5.74) is -1.35. The quantitative estimate of drug-likeness (QED) is 0.471. The Kier molecular flexibility index (Phi) is 7.18. The number of halogens is 6. The van der Waals surface area contributed by atoms with E-state index in [1.54, 1.807) is 0 Å². The standard InChI is InChI=1S/C23H23F6NO4S/c1-21(2,35(32,33)17-7-5-6-16(14-17)22(24,25)26)15-10-12-30(13-11-15)20(31)18-8-3-4-9-19(18)34-23(27,28)29/h3-9,14-15H,10-13H2,1-2H3. The number of amides is 1. The molecular formula is C23H23F6NO4S. The highest BCUT2D eigenvalue weighted by Crippen LogP contribution is 2.40. The van der Waals surface area contributed by atoms with Crippen LogP contribution in [-0.2, 0) is 16.0 Å². The molecule has 2 aromatic rings. The number of carbonyl (C=O) groups is 1. The molecule has 35 heavy (non-hydrogen) atoms. The van der Waals surface area contributed by atoms with E-state index >= 15 is 0 Å². The van der Waals surface area contributed by atoms with Crippen LogP contribution in [0.1, 0.15) is 42.6 Å². The van der Waals surface area contributed by atoms with E-state index in [0.29, 0.717) is 6.07 Å². The summed E-state index contributed by atoms with van der Waals surface area (Å²) in [6.45, 7) is 2.98. The molecule has 12 heteroatoms. The largest absolute Gasteiger partial charge is 0.573 e. The Morgan fingerprint density at radius 1 is 0.943 bits per heavy atom. The third-order valence-electron chi connectivity index (χ3n) is 6.27. The molecule has 0 unspecified atom stereocenters. The molecule has 0 N–H and O–H groups in total. The van der Waals surface area contributed by atoms with Crippen LogP contribution in [0.4, 0.5) is 26.3 Å². The van der Waals surface area contributed by atoms with Crippen LogP contribution in [0.15, 0.2) is 53.4 Å². The van der Waals surface area contributed by atoms with Crippen LogP contribution in [0.5, 0.6) is 5.75 Å². The second kappa shape index (κ2) is 9.36. The van der Waals surface area contributed by atoms with E-state index in [4.69, 9.17) is 0 Å². The van der Waals surface area contributed by atoms with Crippen LogP contribution in [0, 0.1) is 5.92 Å². The van der Waals surface area contributed by atoms with Gasteiger partial charge in [0.1, 0.15) is 5.75 Å². The normalized spacial score (nSPS) is 16.3. The topological polar surface area (TPSA) is 63.7 Å². The Hall–Kier alpha value is -2.76. The van der Waals surface area contributed by atoms with Gasteiger partial charge in [0.2, 0.25) is 0 Å². The van der Waals surface area contributed by atoms with Crippen LogP contribution in [0.3, 0.4) is 0 Å². The van der Waals surface area contributed by atoms with E-state index in [0.717, 1.165) is 24.3 Å². The number of para-hydroxylation sites is 1. The van der Waals surface area contributed by atoms with Gasteiger partial charge in [-0.2, -0.15) is 13.2 Å². The van der Waals surface area contributed by atoms with Crippen LogP contribution < -0.4 is 4.74 Å². The number of rotatable bonds is 5. The third kappa shape index (κ3) is 5.74. The molecule has 1 aliphatic heterocycles. The van der Waals surface area contributed by atoms with Crippen molar-refractivity contribution in [2.45, 2.75) is 48.9 Å². The fraction of sp³-hybridized carbons (Fsp3) is 0.435. The van der Waals surface area contributed by atoms with Gasteiger partial charge >= 0.3 is 12.5 Å². The van der Waals surface area contributed by atoms with E-state index in [2.05, 4.69) is 4.74 Å². The number of hydrogen-bond acceptors (Lipinski definition) is 4. The van der Waals surface area contributed by atoms with Crippen molar-refractivity contribution < 1.29 is 44.3 Å². The van der Waals surface area contributed by atoms with Crippen molar-refractivity contribution in [3.63, 3.8) is 0 Å². The van der Waals surface area contributed by atoms with Crippen molar-refractivity contribution in [2.75, 3.05) is 13.1 Å². The van der Waals surface area contributed by atoms with Crippen LogP contribution in [-0.4, -0.2) is 43.4 Å². The number of carbonyl (C=O) groups excluding carboxylic acids is 1. The Morgan fingerprint density at radius 3 is 2.11 bits per heavy atom. The van der Waals surface area contributed by atoms with Gasteiger partial charge in [-0.25, -0.2) is 8.42 Å². The fourth-order valence-electron chi connectivity index (χ4n) is 4.17.